The fraction of sp³-hybridized carbons (Fsp3) is 0.200. The van der Waals surface area contributed by atoms with Crippen LogP contribution < -0.4 is 5.73 Å². The second-order valence-corrected chi connectivity index (χ2v) is 3.49. The first-order chi connectivity index (χ1) is 4.75. The Kier molecular flexibility index (Phi) is 2.29. The van der Waals surface area contributed by atoms with Gasteiger partial charge in [0, 0.05) is 0 Å². The highest BCUT2D eigenvalue weighted by Gasteiger charge is 2.09. The Morgan fingerprint density at radius 3 is 3.00 bits per heavy atom. The van der Waals surface area contributed by atoms with E-state index in [-0.39, 0.29) is 0 Å². The van der Waals surface area contributed by atoms with Gasteiger partial charge in [0.1, 0.15) is 0 Å². The van der Waals surface area contributed by atoms with Gasteiger partial charge in [0.25, 0.3) is 5.91 Å². The average molecular weight is 174 g/mol. The highest BCUT2D eigenvalue weighted by molar-refractivity contribution is 8.00. The van der Waals surface area contributed by atoms with Crippen LogP contribution in [0.4, 0.5) is 0 Å². The van der Waals surface area contributed by atoms with Crippen molar-refractivity contribution in [3.63, 3.8) is 0 Å². The number of hydrogen-bond donors (Lipinski definition) is 1. The van der Waals surface area contributed by atoms with Gasteiger partial charge in [-0.15, -0.1) is 23.1 Å². The van der Waals surface area contributed by atoms with E-state index < -0.39 is 5.91 Å². The lowest BCUT2D eigenvalue weighted by Gasteiger charge is -1.90. The fourth-order valence-electron chi connectivity index (χ4n) is 0.544. The first-order valence-corrected chi connectivity index (χ1v) is 4.63. The summed E-state index contributed by atoms with van der Waals surface area (Å²) in [6, 6.07) is 0. The van der Waals surface area contributed by atoms with Crippen molar-refractivity contribution in [3.8, 4) is 0 Å². The van der Waals surface area contributed by atoms with Crippen LogP contribution in [-0.2, 0) is 0 Å². The smallest absolute Gasteiger partial charge is 0.269 e. The molecule has 0 aliphatic carbocycles. The molecule has 0 saturated carbocycles. The molecule has 0 saturated heterocycles. The molecular weight excluding hydrogens is 168 g/mol. The summed E-state index contributed by atoms with van der Waals surface area (Å²) in [6.07, 6.45) is 1.89. The topological polar surface area (TPSA) is 56.0 Å². The van der Waals surface area contributed by atoms with Crippen molar-refractivity contribution in [2.45, 2.75) is 4.21 Å². The van der Waals surface area contributed by atoms with Crippen molar-refractivity contribution < 1.29 is 4.79 Å². The molecule has 0 atom stereocenters. The molecule has 2 N–H and O–H groups in total. The molecule has 0 aliphatic heterocycles. The van der Waals surface area contributed by atoms with Crippen molar-refractivity contribution in [1.29, 1.82) is 0 Å². The van der Waals surface area contributed by atoms with Crippen molar-refractivity contribution >= 4 is 29.0 Å². The Hall–Kier alpha value is -0.550. The molecule has 54 valence electrons. The van der Waals surface area contributed by atoms with Crippen molar-refractivity contribution in [1.82, 2.24) is 4.98 Å². The third-order valence-electron chi connectivity index (χ3n) is 0.954. The largest absolute Gasteiger partial charge is 0.364 e. The zero-order chi connectivity index (χ0) is 7.56. The van der Waals surface area contributed by atoms with Crippen LogP contribution >= 0.6 is 23.1 Å². The minimum atomic E-state index is -0.453. The maximum atomic E-state index is 10.6. The summed E-state index contributed by atoms with van der Waals surface area (Å²) in [6.45, 7) is 0. The molecule has 0 bridgehead atoms. The zero-order valence-electron chi connectivity index (χ0n) is 5.33. The molecule has 0 unspecified atom stereocenters. The highest BCUT2D eigenvalue weighted by atomic mass is 32.2. The van der Waals surface area contributed by atoms with Gasteiger partial charge in [0.15, 0.2) is 5.69 Å². The number of carbonyl (C=O) groups excluding carboxylic acids is 1. The summed E-state index contributed by atoms with van der Waals surface area (Å²) in [5.41, 5.74) is 7.03. The minimum absolute atomic E-state index is 0.387. The number of carbonyl (C=O) groups is 1. The molecule has 1 aromatic rings. The molecule has 0 fully saturated rings. The molecule has 5 heteroatoms. The lowest BCUT2D eigenvalue weighted by Crippen LogP contribution is -2.11. The lowest BCUT2D eigenvalue weighted by molar-refractivity contribution is 0.0993. The number of nitrogens with zero attached hydrogens (tertiary/aromatic N) is 1. The highest BCUT2D eigenvalue weighted by Crippen LogP contribution is 2.23. The summed E-state index contributed by atoms with van der Waals surface area (Å²) in [5, 5.41) is 0. The Balaban J connectivity index is 3.01. The predicted molar refractivity (Wildman–Crippen MR) is 42.4 cm³/mol. The van der Waals surface area contributed by atoms with E-state index in [1.54, 1.807) is 5.51 Å². The van der Waals surface area contributed by atoms with Crippen molar-refractivity contribution in [3.05, 3.63) is 11.2 Å². The first-order valence-electron chi connectivity index (χ1n) is 2.53. The van der Waals surface area contributed by atoms with E-state index in [2.05, 4.69) is 4.98 Å². The Labute approximate surface area is 66.6 Å². The first kappa shape index (κ1) is 7.56. The zero-order valence-corrected chi connectivity index (χ0v) is 6.96. The number of aromatic nitrogens is 1. The van der Waals surface area contributed by atoms with Crippen LogP contribution in [0.3, 0.4) is 0 Å². The van der Waals surface area contributed by atoms with Gasteiger partial charge in [-0.25, -0.2) is 4.98 Å². The van der Waals surface area contributed by atoms with Gasteiger partial charge in [0.2, 0.25) is 0 Å². The third-order valence-corrected chi connectivity index (χ3v) is 2.92. The van der Waals surface area contributed by atoms with Gasteiger partial charge in [0.05, 0.1) is 9.72 Å². The second kappa shape index (κ2) is 3.03. The third kappa shape index (κ3) is 1.30. The fourth-order valence-corrected chi connectivity index (χ4v) is 1.92. The number of primary amides is 1. The molecule has 1 rings (SSSR count). The average Bonchev–Trinajstić information content (AvgIpc) is 2.33. The standard InChI is InChI=1S/C5H6N2OS2/c1-9-5-3(4(6)8)7-2-10-5/h2H,1H3,(H2,6,8). The van der Waals surface area contributed by atoms with Crippen LogP contribution in [0, 0.1) is 0 Å². The second-order valence-electron chi connectivity index (χ2n) is 1.56. The van der Waals surface area contributed by atoms with Crippen molar-refractivity contribution in [2.24, 2.45) is 5.73 Å². The molecule has 0 spiro atoms. The summed E-state index contributed by atoms with van der Waals surface area (Å²) < 4.78 is 0.882. The number of nitrogens with two attached hydrogens (primary N) is 1. The van der Waals surface area contributed by atoms with Crippen LogP contribution in [0.1, 0.15) is 10.5 Å². The molecule has 10 heavy (non-hydrogen) atoms. The van der Waals surface area contributed by atoms with E-state index in [1.165, 1.54) is 23.1 Å². The van der Waals surface area contributed by atoms with Crippen LogP contribution in [0.2, 0.25) is 0 Å². The summed E-state index contributed by atoms with van der Waals surface area (Å²) in [4.78, 5) is 14.4. The van der Waals surface area contributed by atoms with Gasteiger partial charge in [-0.05, 0) is 6.26 Å². The van der Waals surface area contributed by atoms with E-state index in [9.17, 15) is 4.79 Å². The van der Waals surface area contributed by atoms with Gasteiger partial charge in [-0.3, -0.25) is 4.79 Å². The molecule has 1 aromatic heterocycles. The number of amides is 1. The SMILES string of the molecule is CSc1scnc1C(N)=O. The van der Waals surface area contributed by atoms with Crippen LogP contribution in [0.5, 0.6) is 0 Å². The summed E-state index contributed by atoms with van der Waals surface area (Å²) in [5.74, 6) is -0.453. The Morgan fingerprint density at radius 2 is 2.60 bits per heavy atom. The molecular formula is C5H6N2OS2. The molecule has 3 nitrogen and oxygen atoms in total. The lowest BCUT2D eigenvalue weighted by atomic mass is 10.5. The van der Waals surface area contributed by atoms with Gasteiger partial charge < -0.3 is 5.73 Å². The van der Waals surface area contributed by atoms with E-state index in [4.69, 9.17) is 5.73 Å². The molecule has 1 amide bonds. The van der Waals surface area contributed by atoms with E-state index in [0.717, 1.165) is 4.21 Å². The molecule has 0 radical (unpaired) electrons. The van der Waals surface area contributed by atoms with Crippen LogP contribution in [-0.4, -0.2) is 17.1 Å². The monoisotopic (exact) mass is 174 g/mol. The van der Waals surface area contributed by atoms with E-state index in [1.807, 2.05) is 6.26 Å². The molecule has 0 aliphatic rings. The summed E-state index contributed by atoms with van der Waals surface area (Å²) >= 11 is 2.91. The Bertz CT molecular complexity index is 246. The molecule has 0 aromatic carbocycles. The van der Waals surface area contributed by atoms with Gasteiger partial charge in [-0.1, -0.05) is 0 Å². The van der Waals surface area contributed by atoms with Crippen LogP contribution in [0.25, 0.3) is 0 Å². The van der Waals surface area contributed by atoms with Crippen molar-refractivity contribution in [2.75, 3.05) is 6.26 Å². The van der Waals surface area contributed by atoms with E-state index >= 15 is 0 Å². The normalized spacial score (nSPS) is 9.70. The summed E-state index contributed by atoms with van der Waals surface area (Å²) in [7, 11) is 0. The van der Waals surface area contributed by atoms with Gasteiger partial charge >= 0.3 is 0 Å². The van der Waals surface area contributed by atoms with Crippen LogP contribution in [0.15, 0.2) is 9.72 Å². The van der Waals surface area contributed by atoms with E-state index in [0.29, 0.717) is 5.69 Å². The maximum Gasteiger partial charge on any atom is 0.269 e. The maximum absolute atomic E-state index is 10.6. The number of thiazole rings is 1. The van der Waals surface area contributed by atoms with Gasteiger partial charge in [-0.2, -0.15) is 0 Å². The number of thioether (sulfide) groups is 1. The number of hydrogen-bond acceptors (Lipinski definition) is 4. The quantitative estimate of drug-likeness (QED) is 0.679. The predicted octanol–water partition coefficient (Wildman–Crippen LogP) is 0.964. The Morgan fingerprint density at radius 1 is 1.90 bits per heavy atom. The minimum Gasteiger partial charge on any atom is -0.364 e. The molecule has 1 heterocycles. The number of rotatable bonds is 2.